The third-order valence-electron chi connectivity index (χ3n) is 6.69. The number of nitrogens with zero attached hydrogens (tertiary/aromatic N) is 1. The van der Waals surface area contributed by atoms with Gasteiger partial charge in [0.1, 0.15) is 19.0 Å². The molecule has 12 nitrogen and oxygen atoms in total. The number of benzene rings is 3. The van der Waals surface area contributed by atoms with E-state index >= 15 is 0 Å². The number of amides is 2. The van der Waals surface area contributed by atoms with Crippen molar-refractivity contribution in [2.75, 3.05) is 27.4 Å². The van der Waals surface area contributed by atoms with Gasteiger partial charge in [0.2, 0.25) is 0 Å². The number of urea groups is 1. The highest BCUT2D eigenvalue weighted by Crippen LogP contribution is 2.36. The van der Waals surface area contributed by atoms with Crippen molar-refractivity contribution in [2.24, 2.45) is 5.10 Å². The monoisotopic (exact) mass is 748 g/mol. The first-order valence-electron chi connectivity index (χ1n) is 14.1. The normalized spacial score (nSPS) is 15.1. The number of aliphatic hydroxyl groups excluding tert-OH is 1. The third-order valence-corrected chi connectivity index (χ3v) is 7.49. The van der Waals surface area contributed by atoms with Crippen molar-refractivity contribution >= 4 is 40.8 Å². The number of hydrazone groups is 1. The Balaban J connectivity index is 1.39. The van der Waals surface area contributed by atoms with Gasteiger partial charge in [-0.05, 0) is 77.9 Å². The van der Waals surface area contributed by atoms with E-state index in [1.165, 1.54) is 26.5 Å². The minimum atomic E-state index is -1.19. The van der Waals surface area contributed by atoms with Gasteiger partial charge in [-0.3, -0.25) is 5.43 Å². The lowest BCUT2D eigenvalue weighted by Crippen LogP contribution is -2.45. The van der Waals surface area contributed by atoms with E-state index in [-0.39, 0.29) is 24.6 Å². The van der Waals surface area contributed by atoms with E-state index < -0.39 is 24.3 Å². The van der Waals surface area contributed by atoms with Crippen LogP contribution in [0.15, 0.2) is 71.0 Å². The minimum absolute atomic E-state index is 0.0355. The van der Waals surface area contributed by atoms with Crippen molar-refractivity contribution in [1.82, 2.24) is 16.1 Å². The number of rotatable bonds is 14. The number of methoxy groups -OCH3 is 2. The lowest BCUT2D eigenvalue weighted by Gasteiger charge is -2.28. The Kier molecular flexibility index (Phi) is 12.0. The predicted molar refractivity (Wildman–Crippen MR) is 175 cm³/mol. The van der Waals surface area contributed by atoms with E-state index in [1.54, 1.807) is 62.4 Å². The quantitative estimate of drug-likeness (QED) is 0.0614. The van der Waals surface area contributed by atoms with Gasteiger partial charge in [0, 0.05) is 11.3 Å². The second kappa shape index (κ2) is 16.1. The molecule has 1 aliphatic rings. The Morgan fingerprint density at radius 3 is 2.61 bits per heavy atom. The summed E-state index contributed by atoms with van der Waals surface area (Å²) in [6.45, 7) is 3.59. The lowest BCUT2D eigenvalue weighted by molar-refractivity contribution is -0.136. The van der Waals surface area contributed by atoms with Gasteiger partial charge in [0.15, 0.2) is 29.2 Å². The van der Waals surface area contributed by atoms with Crippen LogP contribution < -0.4 is 35.0 Å². The molecule has 0 saturated carbocycles. The minimum Gasteiger partial charge on any atom is -0.493 e. The topological polar surface area (TPSA) is 149 Å². The van der Waals surface area contributed by atoms with Crippen molar-refractivity contribution in [2.45, 2.75) is 32.7 Å². The maximum absolute atomic E-state index is 14.0. The zero-order valence-electron chi connectivity index (χ0n) is 25.6. The summed E-state index contributed by atoms with van der Waals surface area (Å²) in [5.74, 6) is 0.657. The van der Waals surface area contributed by atoms with Gasteiger partial charge in [0.05, 0.1) is 42.2 Å². The number of aliphatic hydroxyl groups is 1. The van der Waals surface area contributed by atoms with Crippen LogP contribution in [0.25, 0.3) is 0 Å². The molecule has 3 aromatic rings. The summed E-state index contributed by atoms with van der Waals surface area (Å²) >= 11 is 2.09. The highest BCUT2D eigenvalue weighted by Gasteiger charge is 2.32. The fourth-order valence-corrected chi connectivity index (χ4v) is 5.32. The first kappa shape index (κ1) is 34.3. The van der Waals surface area contributed by atoms with Crippen molar-refractivity contribution in [3.05, 3.63) is 91.9 Å². The molecule has 46 heavy (non-hydrogen) atoms. The van der Waals surface area contributed by atoms with Crippen molar-refractivity contribution < 1.29 is 42.8 Å². The number of carbonyl (C=O) groups is 2. The van der Waals surface area contributed by atoms with Gasteiger partial charge >= 0.3 is 12.0 Å². The maximum Gasteiger partial charge on any atom is 0.337 e. The van der Waals surface area contributed by atoms with Gasteiger partial charge in [-0.2, -0.15) is 5.10 Å². The van der Waals surface area contributed by atoms with E-state index in [0.29, 0.717) is 52.0 Å². The number of nitrogens with one attached hydrogen (secondary N) is 3. The summed E-state index contributed by atoms with van der Waals surface area (Å²) in [6, 6.07) is 13.6. The lowest BCUT2D eigenvalue weighted by atomic mass is 9.95. The summed E-state index contributed by atoms with van der Waals surface area (Å²) in [5, 5.41) is 19.9. The van der Waals surface area contributed by atoms with Gasteiger partial charge in [-0.1, -0.05) is 24.3 Å². The highest BCUT2D eigenvalue weighted by atomic mass is 127. The van der Waals surface area contributed by atoms with Crippen LogP contribution in [0.2, 0.25) is 0 Å². The fraction of sp³-hybridized carbons (Fsp3) is 0.281. The maximum atomic E-state index is 14.0. The molecule has 1 aliphatic heterocycles. The Labute approximate surface area is 279 Å². The average Bonchev–Trinajstić information content (AvgIpc) is 3.03. The van der Waals surface area contributed by atoms with E-state index in [0.717, 1.165) is 3.57 Å². The molecule has 3 aromatic carbocycles. The molecule has 0 aromatic heterocycles. The van der Waals surface area contributed by atoms with E-state index in [1.807, 2.05) is 0 Å². The largest absolute Gasteiger partial charge is 0.493 e. The van der Waals surface area contributed by atoms with Crippen LogP contribution in [0.1, 0.15) is 36.6 Å². The van der Waals surface area contributed by atoms with Crippen LogP contribution in [-0.4, -0.2) is 57.0 Å². The van der Waals surface area contributed by atoms with Crippen LogP contribution in [-0.2, 0) is 16.1 Å². The van der Waals surface area contributed by atoms with E-state index in [2.05, 4.69) is 43.8 Å². The zero-order chi connectivity index (χ0) is 33.2. The van der Waals surface area contributed by atoms with Gasteiger partial charge < -0.3 is 39.4 Å². The molecule has 0 bridgehead atoms. The summed E-state index contributed by atoms with van der Waals surface area (Å²) in [4.78, 5) is 24.6. The summed E-state index contributed by atoms with van der Waals surface area (Å²) in [5.41, 5.74) is 4.90. The number of carbonyl (C=O) groups excluding carboxylic acids is 2. The molecule has 4 N–H and O–H groups in total. The number of hydrogen-bond acceptors (Lipinski definition) is 10. The zero-order valence-corrected chi connectivity index (χ0v) is 27.7. The highest BCUT2D eigenvalue weighted by molar-refractivity contribution is 14.1. The Hall–Kier alpha value is -4.57. The number of allylic oxidation sites excluding steroid dienone is 1. The van der Waals surface area contributed by atoms with Gasteiger partial charge in [0.25, 0.3) is 0 Å². The van der Waals surface area contributed by atoms with Crippen molar-refractivity contribution in [1.29, 1.82) is 0 Å². The van der Waals surface area contributed by atoms with Crippen LogP contribution in [0, 0.1) is 9.39 Å². The number of ether oxygens (including phenoxy) is 5. The first-order valence-corrected chi connectivity index (χ1v) is 15.2. The molecule has 0 aliphatic carbocycles. The van der Waals surface area contributed by atoms with Crippen molar-refractivity contribution in [3.8, 4) is 23.0 Å². The average molecular weight is 749 g/mol. The molecular formula is C32H34FIN4O8. The molecular weight excluding hydrogens is 714 g/mol. The second-order valence-electron chi connectivity index (χ2n) is 9.83. The SMILES string of the molecule is CCOc1cc([C@@H]2NC(=O)NC(C)=C2C(=O)OC)ccc1OC[C@H](O)N/N=C\c1cc(I)c(OCc2ccccc2F)c(OC)c1. The van der Waals surface area contributed by atoms with Crippen LogP contribution in [0.3, 0.4) is 0 Å². The molecule has 4 rings (SSSR count). The molecule has 0 spiro atoms. The molecule has 14 heteroatoms. The smallest absolute Gasteiger partial charge is 0.337 e. The van der Waals surface area contributed by atoms with Crippen molar-refractivity contribution in [3.63, 3.8) is 0 Å². The molecule has 2 atom stereocenters. The van der Waals surface area contributed by atoms with E-state index in [4.69, 9.17) is 23.7 Å². The Morgan fingerprint density at radius 2 is 1.89 bits per heavy atom. The van der Waals surface area contributed by atoms with Crippen LogP contribution >= 0.6 is 22.6 Å². The molecule has 0 saturated heterocycles. The summed E-state index contributed by atoms with van der Waals surface area (Å²) < 4.78 is 42.5. The van der Waals surface area contributed by atoms with Crippen LogP contribution in [0.5, 0.6) is 23.0 Å². The summed E-state index contributed by atoms with van der Waals surface area (Å²) in [7, 11) is 2.77. The standard InChI is InChI=1S/C32H34FIN4O8/c1-5-44-25-14-20(29-28(31(40)43-4)18(2)36-32(41)37-29)10-11-24(25)45-17-27(39)38-35-15-19-12-23(34)30(26(13-19)42-3)46-16-21-8-6-7-9-22(21)33/h6-15,27,29,38-39H,5,16-17H2,1-4H3,(H2,36,37,41)/b35-15-/t27-,29-/m0/s1. The number of hydrogen-bond donors (Lipinski definition) is 4. The molecule has 0 radical (unpaired) electrons. The molecule has 2 amide bonds. The first-order chi connectivity index (χ1) is 22.1. The van der Waals surface area contributed by atoms with Crippen LogP contribution in [0.4, 0.5) is 9.18 Å². The molecule has 0 fully saturated rings. The fourth-order valence-electron chi connectivity index (χ4n) is 4.54. The summed E-state index contributed by atoms with van der Waals surface area (Å²) in [6.07, 6.45) is 0.311. The van der Waals surface area contributed by atoms with Gasteiger partial charge in [-0.25, -0.2) is 14.0 Å². The second-order valence-corrected chi connectivity index (χ2v) is 11.0. The Bertz CT molecular complexity index is 1630. The molecule has 244 valence electrons. The Morgan fingerprint density at radius 1 is 1.11 bits per heavy atom. The van der Waals surface area contributed by atoms with E-state index in [9.17, 15) is 19.1 Å². The molecule has 0 unspecified atom stereocenters. The predicted octanol–water partition coefficient (Wildman–Crippen LogP) is 4.54. The third kappa shape index (κ3) is 8.57. The molecule has 1 heterocycles. The number of halogens is 2. The van der Waals surface area contributed by atoms with Gasteiger partial charge in [-0.15, -0.1) is 0 Å². The number of esters is 1.